The highest BCUT2D eigenvalue weighted by atomic mass is 16.6. The molecule has 1 aromatic carbocycles. The molecular weight excluding hydrogens is 390 g/mol. The summed E-state index contributed by atoms with van der Waals surface area (Å²) in [5.74, 6) is -3.51. The quantitative estimate of drug-likeness (QED) is 0.445. The van der Waals surface area contributed by atoms with Crippen LogP contribution in [-0.4, -0.2) is 14.8 Å². The van der Waals surface area contributed by atoms with Gasteiger partial charge in [-0.1, -0.05) is 12.1 Å². The zero-order valence-corrected chi connectivity index (χ0v) is 14.5. The molecule has 2 aromatic heterocycles. The van der Waals surface area contributed by atoms with Gasteiger partial charge in [0.1, 0.15) is 0 Å². The maximum absolute atomic E-state index is 11.1. The van der Waals surface area contributed by atoms with E-state index >= 15 is 0 Å². The Bertz CT molecular complexity index is 847. The molecule has 2 heterocycles. The largest absolute Gasteiger partial charge is 0.863 e. The average Bonchev–Trinajstić information content (AvgIpc) is 2.71. The SMILES string of the molecule is O=[N+]([O-])c1cc([N+](=O)[O-])c([O-])c([N+](=O)[O-])c1[O-].c1cc[nH+]cc1.c1cc[nH+]cc1. The highest BCUT2D eigenvalue weighted by Gasteiger charge is 2.26. The lowest BCUT2D eigenvalue weighted by Gasteiger charge is -2.13. The maximum atomic E-state index is 11.1. The second-order valence-corrected chi connectivity index (χ2v) is 4.85. The Morgan fingerprint density at radius 1 is 0.586 bits per heavy atom. The highest BCUT2D eigenvalue weighted by molar-refractivity contribution is 5.72. The first-order chi connectivity index (χ1) is 13.8. The Hall–Kier alpha value is -4.68. The van der Waals surface area contributed by atoms with Crippen LogP contribution in [0.1, 0.15) is 0 Å². The van der Waals surface area contributed by atoms with Crippen LogP contribution in [0.2, 0.25) is 0 Å². The van der Waals surface area contributed by atoms with Gasteiger partial charge in [0, 0.05) is 24.3 Å². The summed E-state index contributed by atoms with van der Waals surface area (Å²) in [5.41, 5.74) is -4.48. The first-order valence-electron chi connectivity index (χ1n) is 7.57. The van der Waals surface area contributed by atoms with E-state index in [4.69, 9.17) is 0 Å². The fraction of sp³-hybridized carbons (Fsp3) is 0. The number of nitrogens with one attached hydrogen (secondary N) is 2. The molecule has 0 fully saturated rings. The third kappa shape index (κ3) is 6.86. The van der Waals surface area contributed by atoms with Gasteiger partial charge in [-0.3, -0.25) is 30.3 Å². The molecule has 150 valence electrons. The van der Waals surface area contributed by atoms with Crippen LogP contribution in [-0.2, 0) is 0 Å². The number of benzene rings is 1. The molecule has 0 aliphatic heterocycles. The molecular formula is C16H13N5O8. The predicted octanol–water partition coefficient (Wildman–Crippen LogP) is 0.560. The summed E-state index contributed by atoms with van der Waals surface area (Å²) in [6.45, 7) is 0. The van der Waals surface area contributed by atoms with Gasteiger partial charge < -0.3 is 10.2 Å². The predicted molar refractivity (Wildman–Crippen MR) is 91.3 cm³/mol. The number of nitro groups is 3. The molecule has 3 rings (SSSR count). The molecule has 0 aliphatic rings. The van der Waals surface area contributed by atoms with Crippen LogP contribution in [0.25, 0.3) is 0 Å². The fourth-order valence-corrected chi connectivity index (χ4v) is 1.73. The summed E-state index contributed by atoms with van der Waals surface area (Å²) in [6.07, 6.45) is 7.50. The minimum Gasteiger partial charge on any atom is -0.863 e. The molecule has 0 aliphatic carbocycles. The number of aromatic nitrogens is 2. The topological polar surface area (TPSA) is 204 Å². The van der Waals surface area contributed by atoms with Crippen molar-refractivity contribution in [2.45, 2.75) is 0 Å². The van der Waals surface area contributed by atoms with Crippen molar-refractivity contribution in [3.8, 4) is 11.5 Å². The third-order valence-electron chi connectivity index (χ3n) is 2.96. The van der Waals surface area contributed by atoms with Crippen molar-refractivity contribution in [2.24, 2.45) is 0 Å². The lowest BCUT2D eigenvalue weighted by Crippen LogP contribution is -2.08. The van der Waals surface area contributed by atoms with Crippen molar-refractivity contribution < 1.29 is 35.0 Å². The Labute approximate surface area is 162 Å². The summed E-state index contributed by atoms with van der Waals surface area (Å²) in [6, 6.07) is 11.8. The summed E-state index contributed by atoms with van der Waals surface area (Å²) >= 11 is 0. The summed E-state index contributed by atoms with van der Waals surface area (Å²) in [4.78, 5) is 32.7. The summed E-state index contributed by atoms with van der Waals surface area (Å²) in [5, 5.41) is 53.3. The van der Waals surface area contributed by atoms with Crippen molar-refractivity contribution in [1.82, 2.24) is 0 Å². The molecule has 13 nitrogen and oxygen atoms in total. The van der Waals surface area contributed by atoms with Crippen LogP contribution in [0.15, 0.2) is 67.3 Å². The first kappa shape index (κ1) is 22.4. The average molecular weight is 403 g/mol. The van der Waals surface area contributed by atoms with E-state index < -0.39 is 43.3 Å². The summed E-state index contributed by atoms with van der Waals surface area (Å²) in [7, 11) is 0. The smallest absolute Gasteiger partial charge is 0.275 e. The number of pyridine rings is 2. The molecule has 0 spiro atoms. The van der Waals surface area contributed by atoms with Gasteiger partial charge in [0.15, 0.2) is 24.8 Å². The number of nitrogens with zero attached hydrogens (tertiary/aromatic N) is 3. The van der Waals surface area contributed by atoms with Gasteiger partial charge in [0.2, 0.25) is 0 Å². The molecule has 0 saturated carbocycles. The molecule has 0 radical (unpaired) electrons. The monoisotopic (exact) mass is 403 g/mol. The molecule has 0 saturated heterocycles. The Morgan fingerprint density at radius 3 is 1.10 bits per heavy atom. The Balaban J connectivity index is 0.000000281. The number of hydrogen-bond donors (Lipinski definition) is 0. The Morgan fingerprint density at radius 2 is 0.931 bits per heavy atom. The number of rotatable bonds is 3. The molecule has 29 heavy (non-hydrogen) atoms. The van der Waals surface area contributed by atoms with E-state index in [1.54, 1.807) is 0 Å². The van der Waals surface area contributed by atoms with Crippen molar-refractivity contribution in [3.05, 3.63) is 97.6 Å². The Kier molecular flexibility index (Phi) is 8.58. The number of H-pyrrole nitrogens is 2. The van der Waals surface area contributed by atoms with E-state index in [1.807, 2.05) is 61.2 Å². The zero-order valence-electron chi connectivity index (χ0n) is 14.5. The van der Waals surface area contributed by atoms with E-state index in [9.17, 15) is 40.6 Å². The van der Waals surface area contributed by atoms with Gasteiger partial charge in [0.25, 0.3) is 17.1 Å². The van der Waals surface area contributed by atoms with Gasteiger partial charge in [-0.2, -0.15) is 0 Å². The fourth-order valence-electron chi connectivity index (χ4n) is 1.73. The van der Waals surface area contributed by atoms with Gasteiger partial charge in [-0.15, -0.1) is 0 Å². The lowest BCUT2D eigenvalue weighted by atomic mass is 10.2. The number of aromatic amines is 2. The third-order valence-corrected chi connectivity index (χ3v) is 2.96. The van der Waals surface area contributed by atoms with Crippen LogP contribution < -0.4 is 20.2 Å². The van der Waals surface area contributed by atoms with Gasteiger partial charge >= 0.3 is 0 Å². The maximum Gasteiger partial charge on any atom is 0.275 e. The molecule has 2 N–H and O–H groups in total. The molecule has 0 atom stereocenters. The van der Waals surface area contributed by atoms with Crippen molar-refractivity contribution in [3.63, 3.8) is 0 Å². The molecule has 13 heteroatoms. The summed E-state index contributed by atoms with van der Waals surface area (Å²) < 4.78 is 0. The van der Waals surface area contributed by atoms with Gasteiger partial charge in [-0.25, -0.2) is 9.97 Å². The molecule has 3 aromatic rings. The first-order valence-corrected chi connectivity index (χ1v) is 7.57. The number of hydrogen-bond acceptors (Lipinski definition) is 8. The van der Waals surface area contributed by atoms with Gasteiger partial charge in [-0.05, 0) is 0 Å². The molecule has 0 amide bonds. The van der Waals surface area contributed by atoms with Crippen LogP contribution >= 0.6 is 0 Å². The second-order valence-electron chi connectivity index (χ2n) is 4.85. The zero-order chi connectivity index (χ0) is 21.8. The van der Waals surface area contributed by atoms with Crippen LogP contribution in [0.4, 0.5) is 17.1 Å². The van der Waals surface area contributed by atoms with Crippen LogP contribution in [0, 0.1) is 30.3 Å². The lowest BCUT2D eigenvalue weighted by molar-refractivity contribution is -0.433. The van der Waals surface area contributed by atoms with Crippen molar-refractivity contribution >= 4 is 17.1 Å². The minimum absolute atomic E-state index is 0.109. The van der Waals surface area contributed by atoms with Gasteiger partial charge in [0.05, 0.1) is 32.3 Å². The molecule has 0 bridgehead atoms. The second kappa shape index (κ2) is 11.1. The minimum atomic E-state index is -1.75. The van der Waals surface area contributed by atoms with E-state index in [-0.39, 0.29) is 6.07 Å². The number of nitro benzene ring substituents is 3. The molecule has 0 unspecified atom stereocenters. The standard InChI is InChI=1S/C6H3N3O8.2C5H5N/c10-5-2(7(12)13)1-3(8(14)15)6(11)4(5)9(16)17;2*1-2-4-6-5-3-1/h1,10-11H;2*1-5H. The van der Waals surface area contributed by atoms with Crippen LogP contribution in [0.3, 0.4) is 0 Å². The van der Waals surface area contributed by atoms with Crippen LogP contribution in [0.5, 0.6) is 11.5 Å². The highest BCUT2D eigenvalue weighted by Crippen LogP contribution is 2.44. The van der Waals surface area contributed by atoms with E-state index in [0.29, 0.717) is 0 Å². The van der Waals surface area contributed by atoms with E-state index in [0.717, 1.165) is 0 Å². The van der Waals surface area contributed by atoms with E-state index in [2.05, 4.69) is 9.97 Å². The van der Waals surface area contributed by atoms with E-state index in [1.165, 1.54) is 0 Å². The van der Waals surface area contributed by atoms with Crippen molar-refractivity contribution in [1.29, 1.82) is 0 Å². The normalized spacial score (nSPS) is 9.10. The van der Waals surface area contributed by atoms with Crippen molar-refractivity contribution in [2.75, 3.05) is 0 Å².